The SMILES string of the molecule is CC(Nc1cc(F)c(S(=O)(=O)Nc2ncc(Cl)s2)cc1C=N)c1ccccc1C#CCN. The third-order valence-electron chi connectivity index (χ3n) is 4.37. The van der Waals surface area contributed by atoms with Crippen molar-refractivity contribution in [1.82, 2.24) is 4.98 Å². The fourth-order valence-electron chi connectivity index (χ4n) is 2.94. The molecule has 0 aliphatic heterocycles. The number of hydrogen-bond acceptors (Lipinski definition) is 7. The van der Waals surface area contributed by atoms with E-state index in [0.29, 0.717) is 0 Å². The van der Waals surface area contributed by atoms with Crippen LogP contribution in [0.5, 0.6) is 0 Å². The van der Waals surface area contributed by atoms with Crippen molar-refractivity contribution in [3.05, 3.63) is 69.4 Å². The molecule has 3 aromatic rings. The molecule has 0 bridgehead atoms. The number of nitrogens with one attached hydrogen (secondary N) is 3. The molecule has 3 rings (SSSR count). The lowest BCUT2D eigenvalue weighted by molar-refractivity contribution is 0.570. The molecular weight excluding hydrogens is 473 g/mol. The maximum atomic E-state index is 14.9. The first kappa shape index (κ1) is 23.7. The van der Waals surface area contributed by atoms with Crippen molar-refractivity contribution in [3.63, 3.8) is 0 Å². The van der Waals surface area contributed by atoms with Gasteiger partial charge in [-0.1, -0.05) is 53.0 Å². The summed E-state index contributed by atoms with van der Waals surface area (Å²) in [6.45, 7) is 2.07. The van der Waals surface area contributed by atoms with Gasteiger partial charge in [0.15, 0.2) is 5.13 Å². The van der Waals surface area contributed by atoms with Crippen molar-refractivity contribution >= 4 is 50.0 Å². The minimum absolute atomic E-state index is 0.0109. The molecule has 5 N–H and O–H groups in total. The van der Waals surface area contributed by atoms with Crippen LogP contribution >= 0.6 is 22.9 Å². The lowest BCUT2D eigenvalue weighted by Crippen LogP contribution is -2.16. The van der Waals surface area contributed by atoms with Crippen LogP contribution in [0, 0.1) is 23.1 Å². The number of sulfonamides is 1. The third kappa shape index (κ3) is 5.44. The summed E-state index contributed by atoms with van der Waals surface area (Å²) in [5.41, 5.74) is 7.54. The Labute approximate surface area is 194 Å². The molecule has 0 radical (unpaired) electrons. The molecule has 0 fully saturated rings. The van der Waals surface area contributed by atoms with Gasteiger partial charge in [0.25, 0.3) is 10.0 Å². The second-order valence-corrected chi connectivity index (χ2v) is 9.86. The largest absolute Gasteiger partial charge is 0.378 e. The van der Waals surface area contributed by atoms with Crippen molar-refractivity contribution in [2.45, 2.75) is 17.9 Å². The van der Waals surface area contributed by atoms with Gasteiger partial charge in [-0.25, -0.2) is 17.8 Å². The number of halogens is 2. The van der Waals surface area contributed by atoms with E-state index in [-0.39, 0.29) is 33.3 Å². The van der Waals surface area contributed by atoms with Gasteiger partial charge in [0, 0.05) is 29.1 Å². The standard InChI is InChI=1S/C21H19ClFN5O2S2/c1-13(16-7-3-2-5-14(16)6-4-8-24)27-18-10-17(23)19(9-15(18)11-25)32(29,30)28-21-26-12-20(22)31-21/h2-3,5,7,9-13,25,27H,8,24H2,1H3,(H,26,28). The second kappa shape index (κ2) is 10.1. The van der Waals surface area contributed by atoms with E-state index in [1.807, 2.05) is 31.2 Å². The number of rotatable bonds is 7. The van der Waals surface area contributed by atoms with Gasteiger partial charge >= 0.3 is 0 Å². The van der Waals surface area contributed by atoms with Crippen LogP contribution < -0.4 is 15.8 Å². The maximum absolute atomic E-state index is 14.9. The Bertz CT molecular complexity index is 1320. The van der Waals surface area contributed by atoms with Gasteiger partial charge in [-0.15, -0.1) is 0 Å². The number of nitrogens with two attached hydrogens (primary N) is 1. The molecule has 0 amide bonds. The maximum Gasteiger partial charge on any atom is 0.266 e. The zero-order chi connectivity index (χ0) is 23.3. The fraction of sp³-hybridized carbons (Fsp3) is 0.143. The second-order valence-electron chi connectivity index (χ2n) is 6.55. The van der Waals surface area contributed by atoms with Crippen LogP contribution in [0.3, 0.4) is 0 Å². The van der Waals surface area contributed by atoms with E-state index in [2.05, 4.69) is 26.9 Å². The summed E-state index contributed by atoms with van der Waals surface area (Å²) in [6, 6.07) is 9.26. The van der Waals surface area contributed by atoms with Crippen molar-refractivity contribution < 1.29 is 12.8 Å². The Balaban J connectivity index is 1.93. The van der Waals surface area contributed by atoms with Crippen LogP contribution in [-0.4, -0.2) is 26.2 Å². The summed E-state index contributed by atoms with van der Waals surface area (Å²) in [5.74, 6) is 4.83. The van der Waals surface area contributed by atoms with E-state index < -0.39 is 20.7 Å². The van der Waals surface area contributed by atoms with Crippen molar-refractivity contribution in [1.29, 1.82) is 5.41 Å². The Kier molecular flexibility index (Phi) is 7.48. The van der Waals surface area contributed by atoms with Gasteiger partial charge < -0.3 is 16.5 Å². The predicted molar refractivity (Wildman–Crippen MR) is 127 cm³/mol. The molecule has 1 heterocycles. The van der Waals surface area contributed by atoms with E-state index in [4.69, 9.17) is 22.7 Å². The van der Waals surface area contributed by atoms with Gasteiger partial charge in [-0.05, 0) is 30.7 Å². The molecule has 32 heavy (non-hydrogen) atoms. The Morgan fingerprint density at radius 2 is 2.12 bits per heavy atom. The Morgan fingerprint density at radius 3 is 2.78 bits per heavy atom. The van der Waals surface area contributed by atoms with E-state index in [1.54, 1.807) is 0 Å². The number of anilines is 2. The Hall–Kier alpha value is -2.97. The predicted octanol–water partition coefficient (Wildman–Crippen LogP) is 4.22. The lowest BCUT2D eigenvalue weighted by Gasteiger charge is -2.19. The summed E-state index contributed by atoms with van der Waals surface area (Å²) < 4.78 is 42.6. The quantitative estimate of drug-likeness (QED) is 0.291. The van der Waals surface area contributed by atoms with Crippen LogP contribution in [0.4, 0.5) is 15.2 Å². The molecule has 0 aliphatic rings. The topological polar surface area (TPSA) is 121 Å². The molecule has 0 spiro atoms. The van der Waals surface area contributed by atoms with E-state index in [1.165, 1.54) is 6.20 Å². The highest BCUT2D eigenvalue weighted by atomic mass is 35.5. The number of aromatic nitrogens is 1. The molecule has 2 aromatic carbocycles. The number of nitrogens with zero attached hydrogens (tertiary/aromatic N) is 1. The van der Waals surface area contributed by atoms with Crippen molar-refractivity contribution in [2.75, 3.05) is 16.6 Å². The molecule has 11 heteroatoms. The van der Waals surface area contributed by atoms with Crippen LogP contribution in [0.15, 0.2) is 47.5 Å². The molecule has 1 atom stereocenters. The first-order valence-electron chi connectivity index (χ1n) is 9.27. The fourth-order valence-corrected chi connectivity index (χ4v) is 5.09. The number of thiazole rings is 1. The molecule has 0 aliphatic carbocycles. The first-order valence-corrected chi connectivity index (χ1v) is 12.0. The van der Waals surface area contributed by atoms with Crippen molar-refractivity contribution in [3.8, 4) is 11.8 Å². The summed E-state index contributed by atoms with van der Waals surface area (Å²) in [7, 11) is -4.27. The average Bonchev–Trinajstić information content (AvgIpc) is 3.16. The zero-order valence-corrected chi connectivity index (χ0v) is 19.2. The van der Waals surface area contributed by atoms with Crippen LogP contribution in [0.25, 0.3) is 0 Å². The summed E-state index contributed by atoms with van der Waals surface area (Å²) in [4.78, 5) is 3.21. The molecule has 166 valence electrons. The van der Waals surface area contributed by atoms with Gasteiger partial charge in [-0.3, -0.25) is 4.72 Å². The van der Waals surface area contributed by atoms with Crippen LogP contribution in [0.2, 0.25) is 4.34 Å². The highest BCUT2D eigenvalue weighted by Crippen LogP contribution is 2.30. The highest BCUT2D eigenvalue weighted by molar-refractivity contribution is 7.93. The molecule has 1 aromatic heterocycles. The third-order valence-corrected chi connectivity index (χ3v) is 6.89. The minimum atomic E-state index is -4.27. The summed E-state index contributed by atoms with van der Waals surface area (Å²) in [6.07, 6.45) is 2.24. The van der Waals surface area contributed by atoms with Gasteiger partial charge in [0.2, 0.25) is 0 Å². The molecule has 0 saturated carbocycles. The number of hydrogen-bond donors (Lipinski definition) is 4. The molecular formula is C21H19ClFN5O2S2. The minimum Gasteiger partial charge on any atom is -0.378 e. The van der Waals surface area contributed by atoms with Gasteiger partial charge in [0.05, 0.1) is 12.7 Å². The normalized spacial score (nSPS) is 11.9. The first-order chi connectivity index (χ1) is 15.2. The molecule has 7 nitrogen and oxygen atoms in total. The van der Waals surface area contributed by atoms with Crippen molar-refractivity contribution in [2.24, 2.45) is 5.73 Å². The van der Waals surface area contributed by atoms with Gasteiger partial charge in [-0.2, -0.15) is 0 Å². The average molecular weight is 492 g/mol. The molecule has 1 unspecified atom stereocenters. The van der Waals surface area contributed by atoms with E-state index >= 15 is 0 Å². The lowest BCUT2D eigenvalue weighted by atomic mass is 10.0. The van der Waals surface area contributed by atoms with Gasteiger partial charge in [0.1, 0.15) is 15.0 Å². The van der Waals surface area contributed by atoms with Crippen LogP contribution in [-0.2, 0) is 10.0 Å². The highest BCUT2D eigenvalue weighted by Gasteiger charge is 2.23. The Morgan fingerprint density at radius 1 is 1.38 bits per heavy atom. The summed E-state index contributed by atoms with van der Waals surface area (Å²) in [5, 5.41) is 10.8. The molecule has 0 saturated heterocycles. The van der Waals surface area contributed by atoms with Crippen LogP contribution in [0.1, 0.15) is 29.7 Å². The summed E-state index contributed by atoms with van der Waals surface area (Å²) >= 11 is 6.67. The van der Waals surface area contributed by atoms with E-state index in [9.17, 15) is 12.8 Å². The smallest absolute Gasteiger partial charge is 0.266 e. The zero-order valence-electron chi connectivity index (χ0n) is 16.8. The number of benzene rings is 2. The monoisotopic (exact) mass is 491 g/mol. The van der Waals surface area contributed by atoms with E-state index in [0.717, 1.165) is 40.8 Å².